The number of amides is 1. The molecule has 20 heavy (non-hydrogen) atoms. The Morgan fingerprint density at radius 3 is 2.85 bits per heavy atom. The van der Waals surface area contributed by atoms with Crippen molar-refractivity contribution in [2.45, 2.75) is 31.3 Å². The molecule has 0 aromatic heterocycles. The number of aliphatic carboxylic acids is 1. The van der Waals surface area contributed by atoms with Crippen molar-refractivity contribution in [3.8, 4) is 0 Å². The van der Waals surface area contributed by atoms with Crippen molar-refractivity contribution < 1.29 is 58.5 Å². The van der Waals surface area contributed by atoms with Gasteiger partial charge in [0.2, 0.25) is 0 Å². The predicted molar refractivity (Wildman–Crippen MR) is 58.4 cm³/mol. The number of carbonyl (C=O) groups excluding carboxylic acids is 2. The van der Waals surface area contributed by atoms with E-state index >= 15 is 0 Å². The molecule has 1 N–H and O–H groups in total. The summed E-state index contributed by atoms with van der Waals surface area (Å²) >= 11 is 0. The van der Waals surface area contributed by atoms with Gasteiger partial charge in [0.15, 0.2) is 0 Å². The smallest absolute Gasteiger partial charge is 0.545 e. The molecule has 1 saturated carbocycles. The van der Waals surface area contributed by atoms with Crippen molar-refractivity contribution >= 4 is 12.1 Å². The van der Waals surface area contributed by atoms with Gasteiger partial charge in [-0.05, 0) is 13.3 Å². The Hall–Kier alpha value is -0.760. The van der Waals surface area contributed by atoms with Crippen molar-refractivity contribution in [3.05, 3.63) is 11.8 Å². The average Bonchev–Trinajstić information content (AvgIpc) is 2.91. The molecule has 0 aromatic rings. The zero-order valence-electron chi connectivity index (χ0n) is 11.5. The van der Waals surface area contributed by atoms with Crippen molar-refractivity contribution in [1.82, 2.24) is 5.32 Å². The number of carboxylic acids is 1. The average molecular weight is 291 g/mol. The van der Waals surface area contributed by atoms with Crippen LogP contribution in [-0.2, 0) is 19.0 Å². The largest absolute Gasteiger partial charge is 1.00 e. The number of carbonyl (C=O) groups is 2. The Morgan fingerprint density at radius 1 is 1.55 bits per heavy atom. The van der Waals surface area contributed by atoms with Gasteiger partial charge in [0.05, 0.1) is 24.3 Å². The van der Waals surface area contributed by atoms with E-state index < -0.39 is 24.0 Å². The van der Waals surface area contributed by atoms with E-state index in [1.54, 1.807) is 0 Å². The summed E-state index contributed by atoms with van der Waals surface area (Å²) in [6, 6.07) is 0. The fourth-order valence-corrected chi connectivity index (χ4v) is 3.18. The number of hydrogen-bond acceptors (Lipinski definition) is 6. The van der Waals surface area contributed by atoms with E-state index in [2.05, 4.69) is 5.32 Å². The van der Waals surface area contributed by atoms with Crippen LogP contribution in [0.3, 0.4) is 0 Å². The summed E-state index contributed by atoms with van der Waals surface area (Å²) in [5.41, 5.74) is -0.378. The fourth-order valence-electron chi connectivity index (χ4n) is 3.18. The van der Waals surface area contributed by atoms with E-state index in [4.69, 9.17) is 14.2 Å². The van der Waals surface area contributed by atoms with Crippen LogP contribution in [0, 0.1) is 11.8 Å². The second-order valence-corrected chi connectivity index (χ2v) is 5.18. The molecule has 0 radical (unpaired) electrons. The first kappa shape index (κ1) is 15.6. The van der Waals surface area contributed by atoms with Gasteiger partial charge in [0, 0.05) is 18.5 Å². The van der Waals surface area contributed by atoms with Crippen LogP contribution in [0.4, 0.5) is 4.79 Å². The summed E-state index contributed by atoms with van der Waals surface area (Å²) in [4.78, 5) is 22.4. The third-order valence-electron chi connectivity index (χ3n) is 4.23. The zero-order chi connectivity index (χ0) is 13.8. The minimum atomic E-state index is -1.25. The Morgan fingerprint density at radius 2 is 2.25 bits per heavy atom. The molecule has 1 amide bonds. The minimum absolute atomic E-state index is 0. The van der Waals surface area contributed by atoms with Crippen LogP contribution in [0.2, 0.25) is 0 Å². The Balaban J connectivity index is 0.00000147. The molecule has 5 unspecified atom stereocenters. The normalized spacial score (nSPS) is 40.2. The molecule has 104 valence electrons. The monoisotopic (exact) mass is 291 g/mol. The zero-order valence-corrected chi connectivity index (χ0v) is 13.5. The van der Waals surface area contributed by atoms with E-state index in [0.29, 0.717) is 6.42 Å². The number of rotatable bonds is 2. The third-order valence-corrected chi connectivity index (χ3v) is 4.23. The Bertz CT molecular complexity index is 481. The molecular formula is C12H14NNaO6. The van der Waals surface area contributed by atoms with Crippen LogP contribution in [-0.4, -0.2) is 37.1 Å². The number of carboxylic acid groups (broad SMARTS) is 1. The molecule has 0 spiro atoms. The van der Waals surface area contributed by atoms with Gasteiger partial charge < -0.3 is 29.4 Å². The maximum atomic E-state index is 11.3. The second-order valence-electron chi connectivity index (χ2n) is 5.18. The number of hydrogen-bond donors (Lipinski definition) is 1. The topological polar surface area (TPSA) is 100 Å². The van der Waals surface area contributed by atoms with Gasteiger partial charge >= 0.3 is 35.7 Å². The molecule has 2 aliphatic heterocycles. The molecule has 1 aliphatic carbocycles. The predicted octanol–water partition coefficient (Wildman–Crippen LogP) is -3.87. The van der Waals surface area contributed by atoms with Gasteiger partial charge in [-0.15, -0.1) is 0 Å². The van der Waals surface area contributed by atoms with Crippen molar-refractivity contribution in [1.29, 1.82) is 0 Å². The molecule has 0 aromatic carbocycles. The van der Waals surface area contributed by atoms with Crippen molar-refractivity contribution in [2.75, 3.05) is 7.05 Å². The fraction of sp³-hybridized carbons (Fsp3) is 0.667. The first-order valence-corrected chi connectivity index (χ1v) is 6.10. The van der Waals surface area contributed by atoms with Crippen LogP contribution in [0.1, 0.15) is 13.3 Å². The molecule has 1 saturated heterocycles. The number of alkyl carbamates (subject to hydrolysis) is 1. The van der Waals surface area contributed by atoms with Crippen molar-refractivity contribution in [3.63, 3.8) is 0 Å². The summed E-state index contributed by atoms with van der Waals surface area (Å²) in [6.07, 6.45) is 0.228. The van der Waals surface area contributed by atoms with E-state index in [1.807, 2.05) is 6.92 Å². The molecule has 8 heteroatoms. The van der Waals surface area contributed by atoms with Crippen LogP contribution in [0.5, 0.6) is 0 Å². The van der Waals surface area contributed by atoms with Gasteiger partial charge in [-0.25, -0.2) is 4.79 Å². The first-order valence-electron chi connectivity index (χ1n) is 6.10. The van der Waals surface area contributed by atoms with Gasteiger partial charge in [0.25, 0.3) is 6.29 Å². The van der Waals surface area contributed by atoms with E-state index in [-0.39, 0.29) is 53.1 Å². The van der Waals surface area contributed by atoms with E-state index in [9.17, 15) is 14.7 Å². The third kappa shape index (κ3) is 2.22. The molecule has 5 atom stereocenters. The maximum Gasteiger partial charge on any atom is 1.00 e. The van der Waals surface area contributed by atoms with Gasteiger partial charge in [0.1, 0.15) is 5.60 Å². The summed E-state index contributed by atoms with van der Waals surface area (Å²) in [7, 11) is 1.44. The van der Waals surface area contributed by atoms with Crippen LogP contribution in [0.15, 0.2) is 11.8 Å². The molecule has 3 rings (SSSR count). The minimum Gasteiger partial charge on any atom is -0.545 e. The molecule has 2 heterocycles. The molecule has 2 fully saturated rings. The van der Waals surface area contributed by atoms with Crippen LogP contribution in [0.25, 0.3) is 0 Å². The SMILES string of the molecule is CNC(=O)OC1OC=C(C(=O)[O-])C2CC3OC3(C)C12.[Na+]. The number of epoxide rings is 1. The Kier molecular flexibility index (Phi) is 4.07. The molecular weight excluding hydrogens is 277 g/mol. The molecule has 3 aliphatic rings. The van der Waals surface area contributed by atoms with Crippen LogP contribution >= 0.6 is 0 Å². The Labute approximate surface area is 137 Å². The number of ether oxygens (including phenoxy) is 3. The molecule has 7 nitrogen and oxygen atoms in total. The summed E-state index contributed by atoms with van der Waals surface area (Å²) in [5.74, 6) is -1.84. The molecule has 0 bridgehead atoms. The maximum absolute atomic E-state index is 11.3. The summed E-state index contributed by atoms with van der Waals surface area (Å²) in [6.45, 7) is 1.88. The second kappa shape index (κ2) is 5.22. The standard InChI is InChI=1S/C12H15NO6.Na/c1-12-7(19-12)3-5-6(9(14)15)4-17-10(8(5)12)18-11(16)13-2;/h4-5,7-8,10H,3H2,1-2H3,(H,13,16)(H,14,15);/q;+1/p-1. The van der Waals surface area contributed by atoms with Gasteiger partial charge in [-0.3, -0.25) is 0 Å². The quantitative estimate of drug-likeness (QED) is 0.413. The number of fused-ring (bicyclic) bond motifs is 3. The van der Waals surface area contributed by atoms with Gasteiger partial charge in [-0.2, -0.15) is 0 Å². The van der Waals surface area contributed by atoms with Crippen molar-refractivity contribution in [2.24, 2.45) is 11.8 Å². The van der Waals surface area contributed by atoms with E-state index in [0.717, 1.165) is 6.26 Å². The first-order chi connectivity index (χ1) is 8.97. The van der Waals surface area contributed by atoms with Crippen LogP contribution < -0.4 is 40.0 Å². The summed E-state index contributed by atoms with van der Waals surface area (Å²) in [5, 5.41) is 13.4. The number of nitrogens with one attached hydrogen (secondary N) is 1. The van der Waals surface area contributed by atoms with E-state index in [1.165, 1.54) is 7.05 Å². The summed E-state index contributed by atoms with van der Waals surface area (Å²) < 4.78 is 15.9. The van der Waals surface area contributed by atoms with Gasteiger partial charge in [-0.1, -0.05) is 0 Å².